The molecule has 9 heteroatoms. The first-order chi connectivity index (χ1) is 15.0. The Kier molecular flexibility index (Phi) is 9.41. The van der Waals surface area contributed by atoms with Crippen molar-refractivity contribution in [3.8, 4) is 17.2 Å². The molecule has 1 amide bonds. The number of hydrogen-bond acceptors (Lipinski definition) is 6. The van der Waals surface area contributed by atoms with Gasteiger partial charge in [0, 0.05) is 10.9 Å². The lowest BCUT2D eigenvalue weighted by Crippen LogP contribution is -3.15. The van der Waals surface area contributed by atoms with Crippen LogP contribution in [0, 0.1) is 0 Å². The predicted octanol–water partition coefficient (Wildman–Crippen LogP) is -1.84. The molecular weight excluding hydrogens is 436 g/mol. The monoisotopic (exact) mass is 466 g/mol. The zero-order valence-corrected chi connectivity index (χ0v) is 19.8. The van der Waals surface area contributed by atoms with E-state index in [-0.39, 0.29) is 24.3 Å². The van der Waals surface area contributed by atoms with Crippen LogP contribution in [0.3, 0.4) is 0 Å². The predicted molar refractivity (Wildman–Crippen MR) is 116 cm³/mol. The van der Waals surface area contributed by atoms with Crippen molar-refractivity contribution in [1.29, 1.82) is 0 Å². The fourth-order valence-electron chi connectivity index (χ4n) is 3.98. The SMILES string of the molecule is CCOC(=O)CC[NH+]1CCN(C(=O)c2ccc3c(OC)c(OC)c(OC)cc3c2)CC1.[Cl-]. The Morgan fingerprint density at radius 2 is 1.69 bits per heavy atom. The Bertz CT molecular complexity index is 944. The van der Waals surface area contributed by atoms with Crippen LogP contribution in [0.15, 0.2) is 24.3 Å². The highest BCUT2D eigenvalue weighted by Gasteiger charge is 2.25. The molecule has 0 bridgehead atoms. The number of quaternary nitrogens is 1. The Labute approximate surface area is 194 Å². The van der Waals surface area contributed by atoms with Gasteiger partial charge >= 0.3 is 5.97 Å². The van der Waals surface area contributed by atoms with E-state index in [0.717, 1.165) is 30.4 Å². The van der Waals surface area contributed by atoms with Crippen molar-refractivity contribution in [1.82, 2.24) is 4.90 Å². The molecule has 0 saturated carbocycles. The number of carbonyl (C=O) groups is 2. The van der Waals surface area contributed by atoms with Crippen LogP contribution in [-0.2, 0) is 9.53 Å². The maximum atomic E-state index is 13.1. The van der Waals surface area contributed by atoms with Crippen LogP contribution in [0.1, 0.15) is 23.7 Å². The zero-order chi connectivity index (χ0) is 22.4. The van der Waals surface area contributed by atoms with Gasteiger partial charge in [0.1, 0.15) is 0 Å². The summed E-state index contributed by atoms with van der Waals surface area (Å²) < 4.78 is 21.4. The molecule has 8 nitrogen and oxygen atoms in total. The van der Waals surface area contributed by atoms with Crippen molar-refractivity contribution in [3.63, 3.8) is 0 Å². The summed E-state index contributed by atoms with van der Waals surface area (Å²) in [6.07, 6.45) is 0.412. The highest BCUT2D eigenvalue weighted by atomic mass is 35.5. The fraction of sp³-hybridized carbons (Fsp3) is 0.478. The second-order valence-corrected chi connectivity index (χ2v) is 7.43. The van der Waals surface area contributed by atoms with E-state index in [0.29, 0.717) is 48.9 Å². The molecule has 1 aliphatic heterocycles. The van der Waals surface area contributed by atoms with Crippen molar-refractivity contribution in [2.45, 2.75) is 13.3 Å². The first-order valence-electron chi connectivity index (χ1n) is 10.5. The molecule has 176 valence electrons. The van der Waals surface area contributed by atoms with Gasteiger partial charge in [-0.25, -0.2) is 0 Å². The van der Waals surface area contributed by atoms with Gasteiger partial charge in [-0.05, 0) is 36.6 Å². The summed E-state index contributed by atoms with van der Waals surface area (Å²) in [6.45, 7) is 5.90. The van der Waals surface area contributed by atoms with Crippen LogP contribution in [-0.4, -0.2) is 77.4 Å². The lowest BCUT2D eigenvalue weighted by molar-refractivity contribution is -0.903. The van der Waals surface area contributed by atoms with Crippen molar-refractivity contribution in [2.24, 2.45) is 0 Å². The molecule has 2 aromatic carbocycles. The largest absolute Gasteiger partial charge is 1.00 e. The number of benzene rings is 2. The molecule has 1 fully saturated rings. The van der Waals surface area contributed by atoms with E-state index in [2.05, 4.69) is 0 Å². The van der Waals surface area contributed by atoms with Crippen LogP contribution < -0.4 is 31.5 Å². The molecule has 1 N–H and O–H groups in total. The second kappa shape index (κ2) is 11.8. The summed E-state index contributed by atoms with van der Waals surface area (Å²) in [5, 5.41) is 1.70. The molecule has 0 radical (unpaired) electrons. The lowest BCUT2D eigenvalue weighted by Gasteiger charge is -2.32. The average molecular weight is 467 g/mol. The number of nitrogens with one attached hydrogen (secondary N) is 1. The Morgan fingerprint density at radius 1 is 1.00 bits per heavy atom. The maximum Gasteiger partial charge on any atom is 0.311 e. The number of piperazine rings is 1. The minimum absolute atomic E-state index is 0. The van der Waals surface area contributed by atoms with E-state index in [1.54, 1.807) is 21.3 Å². The molecule has 32 heavy (non-hydrogen) atoms. The van der Waals surface area contributed by atoms with E-state index in [1.807, 2.05) is 36.1 Å². The van der Waals surface area contributed by atoms with Crippen LogP contribution in [0.5, 0.6) is 17.2 Å². The van der Waals surface area contributed by atoms with Gasteiger partial charge in [-0.15, -0.1) is 0 Å². The third-order valence-electron chi connectivity index (χ3n) is 5.63. The van der Waals surface area contributed by atoms with Crippen LogP contribution in [0.4, 0.5) is 0 Å². The number of nitrogens with zero attached hydrogens (tertiary/aromatic N) is 1. The van der Waals surface area contributed by atoms with E-state index in [4.69, 9.17) is 18.9 Å². The standard InChI is InChI=1S/C23H30N2O6.ClH/c1-5-31-20(26)8-9-24-10-12-25(13-11-24)23(27)16-6-7-18-17(14-16)15-19(28-2)22(30-4)21(18)29-3;/h6-7,14-15H,5,8-13H2,1-4H3;1H. The Balaban J connectivity index is 0.00000363. The molecule has 0 aliphatic carbocycles. The fourth-order valence-corrected chi connectivity index (χ4v) is 3.98. The summed E-state index contributed by atoms with van der Waals surface area (Å²) in [7, 11) is 4.72. The first-order valence-corrected chi connectivity index (χ1v) is 10.5. The topological polar surface area (TPSA) is 78.7 Å². The van der Waals surface area contributed by atoms with Gasteiger partial charge < -0.3 is 41.2 Å². The van der Waals surface area contributed by atoms with Gasteiger partial charge in [0.05, 0.1) is 67.1 Å². The highest BCUT2D eigenvalue weighted by molar-refractivity contribution is 6.01. The third-order valence-corrected chi connectivity index (χ3v) is 5.63. The van der Waals surface area contributed by atoms with E-state index >= 15 is 0 Å². The number of rotatable bonds is 8. The van der Waals surface area contributed by atoms with Gasteiger partial charge in [0.15, 0.2) is 11.5 Å². The molecule has 0 unspecified atom stereocenters. The minimum atomic E-state index is -0.160. The van der Waals surface area contributed by atoms with Gasteiger partial charge in [-0.2, -0.15) is 0 Å². The van der Waals surface area contributed by atoms with E-state index in [1.165, 1.54) is 4.90 Å². The number of esters is 1. The van der Waals surface area contributed by atoms with E-state index in [9.17, 15) is 9.59 Å². The molecule has 1 saturated heterocycles. The number of ether oxygens (including phenoxy) is 4. The summed E-state index contributed by atoms with van der Waals surface area (Å²) in [6, 6.07) is 7.41. The molecule has 1 heterocycles. The summed E-state index contributed by atoms with van der Waals surface area (Å²) >= 11 is 0. The number of methoxy groups -OCH3 is 3. The van der Waals surface area contributed by atoms with Gasteiger partial charge in [0.2, 0.25) is 5.75 Å². The van der Waals surface area contributed by atoms with Gasteiger partial charge in [-0.3, -0.25) is 9.59 Å². The van der Waals surface area contributed by atoms with Crippen molar-refractivity contribution in [2.75, 3.05) is 60.7 Å². The molecule has 0 spiro atoms. The first kappa shape index (κ1) is 25.5. The lowest BCUT2D eigenvalue weighted by atomic mass is 10.0. The van der Waals surface area contributed by atoms with Crippen molar-refractivity contribution in [3.05, 3.63) is 29.8 Å². The number of amides is 1. The second-order valence-electron chi connectivity index (χ2n) is 7.43. The average Bonchev–Trinajstić information content (AvgIpc) is 2.81. The summed E-state index contributed by atoms with van der Waals surface area (Å²) in [4.78, 5) is 27.8. The highest BCUT2D eigenvalue weighted by Crippen LogP contribution is 2.43. The van der Waals surface area contributed by atoms with Crippen molar-refractivity contribution >= 4 is 22.6 Å². The molecule has 2 aromatic rings. The molecular formula is C23H31ClN2O6. The maximum absolute atomic E-state index is 13.1. The van der Waals surface area contributed by atoms with Gasteiger partial charge in [0.25, 0.3) is 5.91 Å². The van der Waals surface area contributed by atoms with Crippen molar-refractivity contribution < 1.29 is 45.8 Å². The number of hydrogen-bond donors (Lipinski definition) is 1. The quantitative estimate of drug-likeness (QED) is 0.461. The summed E-state index contributed by atoms with van der Waals surface area (Å²) in [5.74, 6) is 1.50. The number of carbonyl (C=O) groups excluding carboxylic acids is 2. The van der Waals surface area contributed by atoms with Gasteiger partial charge in [-0.1, -0.05) is 0 Å². The van der Waals surface area contributed by atoms with Crippen LogP contribution in [0.2, 0.25) is 0 Å². The molecule has 1 aliphatic rings. The molecule has 3 rings (SSSR count). The molecule has 0 aromatic heterocycles. The Morgan fingerprint density at radius 3 is 2.28 bits per heavy atom. The molecule has 0 atom stereocenters. The number of fused-ring (bicyclic) bond motifs is 1. The zero-order valence-electron chi connectivity index (χ0n) is 19.0. The number of halogens is 1. The third kappa shape index (κ3) is 5.55. The van der Waals surface area contributed by atoms with E-state index < -0.39 is 0 Å². The summed E-state index contributed by atoms with van der Waals surface area (Å²) in [5.41, 5.74) is 0.622. The van der Waals surface area contributed by atoms with Crippen LogP contribution >= 0.6 is 0 Å². The van der Waals surface area contributed by atoms with Crippen LogP contribution in [0.25, 0.3) is 10.8 Å². The smallest absolute Gasteiger partial charge is 0.311 e. The normalized spacial score (nSPS) is 13.9. The minimum Gasteiger partial charge on any atom is -1.00 e. The Hall–Kier alpha value is -2.71.